The number of carboxylic acid groups (broad SMARTS) is 1. The van der Waals surface area contributed by atoms with E-state index in [4.69, 9.17) is 25.1 Å². The fourth-order valence-corrected chi connectivity index (χ4v) is 14.7. The van der Waals surface area contributed by atoms with Gasteiger partial charge in [0.15, 0.2) is 0 Å². The number of rotatable bonds is 15. The van der Waals surface area contributed by atoms with Crippen LogP contribution in [0.4, 0.5) is 0 Å². The van der Waals surface area contributed by atoms with E-state index in [1.165, 1.54) is 43.8 Å². The molecule has 0 aliphatic heterocycles. The number of carbonyl (C=O) groups is 3. The number of esters is 2. The highest BCUT2D eigenvalue weighted by Crippen LogP contribution is 2.36. The van der Waals surface area contributed by atoms with Crippen molar-refractivity contribution in [3.05, 3.63) is 415 Å². The second kappa shape index (κ2) is 37.1. The van der Waals surface area contributed by atoms with E-state index in [1.807, 2.05) is 243 Å². The van der Waals surface area contributed by atoms with Crippen LogP contribution in [0.3, 0.4) is 0 Å². The van der Waals surface area contributed by atoms with Gasteiger partial charge in [0, 0.05) is 87.2 Å². The molecule has 28 heteroatoms. The van der Waals surface area contributed by atoms with Crippen molar-refractivity contribution in [2.75, 3.05) is 13.2 Å². The molecule has 618 valence electrons. The number of aromatic nitrogens is 15. The Kier molecular flexibility index (Phi) is 24.1. The lowest BCUT2D eigenvalue weighted by Crippen LogP contribution is -2.09. The summed E-state index contributed by atoms with van der Waals surface area (Å²) in [5.41, 5.74) is 19.2. The fourth-order valence-electron chi connectivity index (χ4n) is 14.7. The second-order valence-electron chi connectivity index (χ2n) is 28.2. The van der Waals surface area contributed by atoms with Crippen molar-refractivity contribution >= 4 is 73.1 Å². The molecule has 10 heterocycles. The molecule has 20 aromatic rings. The minimum atomic E-state index is -0.979. The number of carboxylic acids is 1. The number of nitrogens with zero attached hydrogens (tertiary/aromatic N) is 12. The van der Waals surface area contributed by atoms with Gasteiger partial charge >= 0.3 is 17.9 Å². The normalized spacial score (nSPS) is 10.8. The van der Waals surface area contributed by atoms with Crippen molar-refractivity contribution in [1.82, 2.24) is 72.7 Å². The standard InChI is InChI=1S/2C21H17N3O3.2C19H12N4O.C19H13N3O3/c1-2-27-21(26)15-8-6-7-14(11-15)17-12-24(16-9-4-3-5-10-16)19-18(17)22-13-23-20(19)25;1-2-27-21(26)15-10-8-14(9-11-15)17-12-24(16-6-4-3-5-7-16)19-18(17)22-13-23-20(19)25;20-10-13-5-4-6-14(9-13)16-11-23(15-7-2-1-3-8-15)18-17(16)21-12-22-19(18)24;20-10-13-6-8-14(9-7-13)16-11-23(15-4-2-1-3-5-15)18-17(16)21-12-22-19(18)24;23-18-17-16(20-11-21-18)15(10-22(17)14-4-2-1-3-5-14)12-6-8-13(9-7-12)19(24)25/h2*3-13H,2H2,1H3,(H,22,23,25);2*1-9,11-12H,(H,21,22,24);1-11H,(H,24,25)(H,20,21,23). The summed E-state index contributed by atoms with van der Waals surface area (Å²) in [6.07, 6.45) is 16.4. The van der Waals surface area contributed by atoms with Crippen molar-refractivity contribution in [2.45, 2.75) is 13.8 Å². The number of benzene rings is 10. The molecular formula is C99H71N17O11. The molecule has 0 radical (unpaired) electrons. The summed E-state index contributed by atoms with van der Waals surface area (Å²) in [6, 6.07) is 87.5. The topological polar surface area (TPSA) is 391 Å². The number of ether oxygens (including phenoxy) is 2. The lowest BCUT2D eigenvalue weighted by Gasteiger charge is -2.04. The Labute approximate surface area is 719 Å². The zero-order valence-electron chi connectivity index (χ0n) is 67.6. The van der Waals surface area contributed by atoms with Gasteiger partial charge in [-0.3, -0.25) is 24.0 Å². The number of fused-ring (bicyclic) bond motifs is 5. The van der Waals surface area contributed by atoms with E-state index in [9.17, 15) is 38.4 Å². The van der Waals surface area contributed by atoms with Gasteiger partial charge in [-0.05, 0) is 163 Å². The van der Waals surface area contributed by atoms with Crippen LogP contribution in [-0.2, 0) is 9.47 Å². The van der Waals surface area contributed by atoms with Crippen LogP contribution >= 0.6 is 0 Å². The predicted molar refractivity (Wildman–Crippen MR) is 484 cm³/mol. The summed E-state index contributed by atoms with van der Waals surface area (Å²) in [5, 5.41) is 27.1. The molecule has 6 N–H and O–H groups in total. The van der Waals surface area contributed by atoms with Gasteiger partial charge < -0.3 is 62.3 Å². The molecule has 0 saturated heterocycles. The molecule has 0 fully saturated rings. The van der Waals surface area contributed by atoms with Crippen LogP contribution in [0.25, 0.3) is 139 Å². The summed E-state index contributed by atoms with van der Waals surface area (Å²) < 4.78 is 19.2. The maximum atomic E-state index is 12.5. The monoisotopic (exact) mass is 1670 g/mol. The zero-order chi connectivity index (χ0) is 88.0. The highest BCUT2D eigenvalue weighted by molar-refractivity contribution is 6.00. The van der Waals surface area contributed by atoms with Crippen molar-refractivity contribution in [2.24, 2.45) is 0 Å². The lowest BCUT2D eigenvalue weighted by molar-refractivity contribution is 0.0517. The zero-order valence-corrected chi connectivity index (χ0v) is 67.6. The Balaban J connectivity index is 0.000000117. The number of hydrogen-bond donors (Lipinski definition) is 6. The smallest absolute Gasteiger partial charge is 0.338 e. The molecule has 0 unspecified atom stereocenters. The molecular weight excluding hydrogens is 1600 g/mol. The first-order valence-electron chi connectivity index (χ1n) is 39.7. The highest BCUT2D eigenvalue weighted by Gasteiger charge is 2.23. The Hall–Kier alpha value is -18.3. The summed E-state index contributed by atoms with van der Waals surface area (Å²) in [5.74, 6) is -1.71. The van der Waals surface area contributed by atoms with Crippen molar-refractivity contribution in [3.63, 3.8) is 0 Å². The molecule has 28 nitrogen and oxygen atoms in total. The van der Waals surface area contributed by atoms with Crippen LogP contribution < -0.4 is 27.8 Å². The SMILES string of the molecule is CCOC(=O)c1ccc(-c2cn(-c3ccccc3)c3c(=O)[nH]cnc23)cc1.CCOC(=O)c1cccc(-c2cn(-c3ccccc3)c3c(=O)[nH]cnc23)c1.N#Cc1ccc(-c2cn(-c3ccccc3)c3c(=O)[nH]cnc23)cc1.N#Cc1cccc(-c2cn(-c3ccccc3)c3c(=O)[nH]cnc23)c1.O=C(O)c1ccc(-c2cn(-c3ccccc3)c3c(=O)[nH]cnc23)cc1. The molecule has 0 bridgehead atoms. The minimum absolute atomic E-state index is 0.191. The number of aromatic carboxylic acids is 1. The maximum Gasteiger partial charge on any atom is 0.338 e. The number of H-pyrrole nitrogens is 5. The van der Waals surface area contributed by atoms with Gasteiger partial charge in [0.2, 0.25) is 0 Å². The quantitative estimate of drug-likeness (QED) is 0.0519. The van der Waals surface area contributed by atoms with E-state index >= 15 is 0 Å². The number of hydrogen-bond acceptors (Lipinski definition) is 17. The van der Waals surface area contributed by atoms with Crippen LogP contribution in [0.1, 0.15) is 56.0 Å². The van der Waals surface area contributed by atoms with Gasteiger partial charge in [-0.25, -0.2) is 39.3 Å². The van der Waals surface area contributed by atoms with Crippen molar-refractivity contribution in [1.29, 1.82) is 10.5 Å². The van der Waals surface area contributed by atoms with Crippen LogP contribution in [0.15, 0.2) is 360 Å². The van der Waals surface area contributed by atoms with Crippen LogP contribution in [0.5, 0.6) is 0 Å². The van der Waals surface area contributed by atoms with Crippen molar-refractivity contribution < 1.29 is 29.0 Å². The highest BCUT2D eigenvalue weighted by atomic mass is 16.5. The number of nitrogens with one attached hydrogen (secondary N) is 5. The minimum Gasteiger partial charge on any atom is -0.478 e. The first-order valence-corrected chi connectivity index (χ1v) is 39.7. The first kappa shape index (κ1) is 82.4. The average Bonchev–Trinajstić information content (AvgIpc) is 1.64. The third kappa shape index (κ3) is 17.3. The van der Waals surface area contributed by atoms with E-state index in [0.29, 0.717) is 90.6 Å². The summed E-state index contributed by atoms with van der Waals surface area (Å²) in [4.78, 5) is 132. The molecule has 0 aliphatic rings. The Bertz CT molecular complexity index is 7880. The molecule has 0 amide bonds. The molecule has 127 heavy (non-hydrogen) atoms. The molecule has 0 spiro atoms. The number of para-hydroxylation sites is 5. The van der Waals surface area contributed by atoms with Gasteiger partial charge in [-0.2, -0.15) is 10.5 Å². The van der Waals surface area contributed by atoms with E-state index in [0.717, 1.165) is 84.1 Å². The molecule has 0 aliphatic carbocycles. The molecule has 10 aromatic heterocycles. The molecule has 0 saturated carbocycles. The van der Waals surface area contributed by atoms with E-state index in [1.54, 1.807) is 85.1 Å². The second-order valence-corrected chi connectivity index (χ2v) is 28.2. The van der Waals surface area contributed by atoms with Crippen LogP contribution in [0.2, 0.25) is 0 Å². The lowest BCUT2D eigenvalue weighted by atomic mass is 10.0. The van der Waals surface area contributed by atoms with E-state index in [2.05, 4.69) is 62.0 Å². The average molecular weight is 1670 g/mol. The molecule has 0 atom stereocenters. The Morgan fingerprint density at radius 2 is 0.575 bits per heavy atom. The third-order valence-electron chi connectivity index (χ3n) is 20.5. The largest absolute Gasteiger partial charge is 0.478 e. The van der Waals surface area contributed by atoms with Crippen LogP contribution in [-0.4, -0.2) is 109 Å². The third-order valence-corrected chi connectivity index (χ3v) is 20.5. The summed E-state index contributed by atoms with van der Waals surface area (Å²) >= 11 is 0. The number of nitriles is 2. The maximum absolute atomic E-state index is 12.5. The van der Waals surface area contributed by atoms with E-state index < -0.39 is 5.97 Å². The summed E-state index contributed by atoms with van der Waals surface area (Å²) in [6.45, 7) is 4.19. The number of aromatic amines is 5. The van der Waals surface area contributed by atoms with Gasteiger partial charge in [-0.1, -0.05) is 152 Å². The van der Waals surface area contributed by atoms with Gasteiger partial charge in [0.25, 0.3) is 27.8 Å². The first-order chi connectivity index (χ1) is 62.1. The van der Waals surface area contributed by atoms with Crippen LogP contribution in [0, 0.1) is 22.7 Å². The van der Waals surface area contributed by atoms with Gasteiger partial charge in [0.1, 0.15) is 55.2 Å². The Morgan fingerprint density at radius 1 is 0.307 bits per heavy atom. The van der Waals surface area contributed by atoms with Gasteiger partial charge in [0.05, 0.1) is 84.8 Å². The van der Waals surface area contributed by atoms with Crippen molar-refractivity contribution in [3.8, 4) is 96.2 Å². The predicted octanol–water partition coefficient (Wildman–Crippen LogP) is 16.7. The molecule has 10 aromatic carbocycles. The Morgan fingerprint density at radius 3 is 0.866 bits per heavy atom. The molecule has 20 rings (SSSR count). The fraction of sp³-hybridized carbons (Fsp3) is 0.0404. The summed E-state index contributed by atoms with van der Waals surface area (Å²) in [7, 11) is 0. The number of carbonyl (C=O) groups excluding carboxylic acids is 2. The van der Waals surface area contributed by atoms with Gasteiger partial charge in [-0.15, -0.1) is 0 Å². The van der Waals surface area contributed by atoms with E-state index in [-0.39, 0.29) is 45.3 Å².